The summed E-state index contributed by atoms with van der Waals surface area (Å²) in [4.78, 5) is 4.41. The summed E-state index contributed by atoms with van der Waals surface area (Å²) < 4.78 is 43.9. The highest BCUT2D eigenvalue weighted by Crippen LogP contribution is 2.47. The van der Waals surface area contributed by atoms with E-state index in [0.717, 1.165) is 54.6 Å². The number of nitrogens with one attached hydrogen (secondary N) is 2. The van der Waals surface area contributed by atoms with Gasteiger partial charge in [0.15, 0.2) is 0 Å². The van der Waals surface area contributed by atoms with Crippen molar-refractivity contribution in [2.75, 3.05) is 38.7 Å². The van der Waals surface area contributed by atoms with E-state index in [0.29, 0.717) is 18.0 Å². The number of aromatic amines is 1. The molecule has 2 aromatic carbocycles. The molecule has 8 heteroatoms. The molecule has 0 radical (unpaired) electrons. The summed E-state index contributed by atoms with van der Waals surface area (Å²) in [7, 11) is 2.07. The summed E-state index contributed by atoms with van der Waals surface area (Å²) >= 11 is 0. The number of likely N-dealkylation sites (N-methyl/N-ethyl adjacent to an activating group) is 1. The third kappa shape index (κ3) is 4.31. The lowest BCUT2D eigenvalue weighted by molar-refractivity contribution is 0.155. The monoisotopic (exact) mass is 483 g/mol. The van der Waals surface area contributed by atoms with Gasteiger partial charge in [-0.2, -0.15) is 5.10 Å². The van der Waals surface area contributed by atoms with Gasteiger partial charge in [-0.3, -0.25) is 19.3 Å². The van der Waals surface area contributed by atoms with Crippen LogP contribution in [0.4, 0.5) is 18.9 Å². The first-order valence-electron chi connectivity index (χ1n) is 12.7. The first kappa shape index (κ1) is 22.9. The minimum Gasteiger partial charge on any atom is -0.380 e. The highest BCUT2D eigenvalue weighted by Gasteiger charge is 2.41. The molecule has 1 saturated carbocycles. The summed E-state index contributed by atoms with van der Waals surface area (Å²) in [6.45, 7) is 2.66. The molecule has 6 rings (SSSR count). The van der Waals surface area contributed by atoms with Crippen LogP contribution in [0.15, 0.2) is 30.5 Å². The zero-order chi connectivity index (χ0) is 24.1. The van der Waals surface area contributed by atoms with Crippen molar-refractivity contribution >= 4 is 16.6 Å². The van der Waals surface area contributed by atoms with Gasteiger partial charge in [-0.15, -0.1) is 0 Å². The lowest BCUT2D eigenvalue weighted by Gasteiger charge is -2.42. The minimum atomic E-state index is -0.500. The Kier molecular flexibility index (Phi) is 5.96. The van der Waals surface area contributed by atoms with E-state index in [2.05, 4.69) is 32.4 Å². The predicted octanol–water partition coefficient (Wildman–Crippen LogP) is 5.04. The van der Waals surface area contributed by atoms with Crippen molar-refractivity contribution in [3.63, 3.8) is 0 Å². The molecule has 35 heavy (non-hydrogen) atoms. The molecule has 1 saturated heterocycles. The fourth-order valence-corrected chi connectivity index (χ4v) is 6.08. The lowest BCUT2D eigenvalue weighted by atomic mass is 9.76. The quantitative estimate of drug-likeness (QED) is 0.471. The average Bonchev–Trinajstić information content (AvgIpc) is 3.49. The molecule has 2 atom stereocenters. The van der Waals surface area contributed by atoms with E-state index in [4.69, 9.17) is 0 Å². The van der Waals surface area contributed by atoms with E-state index in [1.807, 2.05) is 18.3 Å². The van der Waals surface area contributed by atoms with Crippen LogP contribution in [0.3, 0.4) is 0 Å². The molecule has 2 aliphatic heterocycles. The van der Waals surface area contributed by atoms with E-state index in [9.17, 15) is 4.39 Å². The normalized spacial score (nSPS) is 23.4. The third-order valence-electron chi connectivity index (χ3n) is 8.06. The molecule has 3 heterocycles. The Labute approximate surface area is 203 Å². The van der Waals surface area contributed by atoms with Crippen molar-refractivity contribution in [2.45, 2.75) is 50.2 Å². The standard InChI is InChI=1S/C27H32F3N5/c1-34-15-21-19(5-6-24-20(21)12-31-33-24)26(25(34)9-16-3-4-16)27-22(29)10-17(11-23(27)30)32-18-13-35(14-18)8-2-7-28/h5-6,10-12,16,18,25-26,32H,2-4,7-9,13-15H2,1H3,(H,31,33)/t25-,26+/m0/s1. The van der Waals surface area contributed by atoms with Gasteiger partial charge in [0, 0.05) is 54.8 Å². The number of nitrogens with zero attached hydrogens (tertiary/aromatic N) is 3. The van der Waals surface area contributed by atoms with Gasteiger partial charge in [-0.05, 0) is 55.1 Å². The van der Waals surface area contributed by atoms with E-state index in [1.165, 1.54) is 25.0 Å². The Balaban J connectivity index is 1.32. The van der Waals surface area contributed by atoms with Crippen LogP contribution in [0.25, 0.3) is 10.9 Å². The van der Waals surface area contributed by atoms with E-state index in [1.54, 1.807) is 0 Å². The Morgan fingerprint density at radius 3 is 2.63 bits per heavy atom. The second kappa shape index (κ2) is 9.13. The Morgan fingerprint density at radius 2 is 1.91 bits per heavy atom. The van der Waals surface area contributed by atoms with Crippen LogP contribution in [-0.4, -0.2) is 65.4 Å². The molecule has 1 aromatic heterocycles. The van der Waals surface area contributed by atoms with Crippen LogP contribution in [0.2, 0.25) is 0 Å². The molecule has 3 aliphatic rings. The van der Waals surface area contributed by atoms with Crippen molar-refractivity contribution in [3.8, 4) is 0 Å². The second-order valence-electron chi connectivity index (χ2n) is 10.6. The van der Waals surface area contributed by atoms with Crippen LogP contribution in [-0.2, 0) is 6.54 Å². The molecule has 2 fully saturated rings. The number of fused-ring (bicyclic) bond motifs is 3. The molecular formula is C27H32F3N5. The molecule has 2 N–H and O–H groups in total. The zero-order valence-electron chi connectivity index (χ0n) is 20.0. The number of H-pyrrole nitrogens is 1. The van der Waals surface area contributed by atoms with Crippen molar-refractivity contribution in [2.24, 2.45) is 5.92 Å². The van der Waals surface area contributed by atoms with E-state index >= 15 is 8.78 Å². The number of benzene rings is 2. The van der Waals surface area contributed by atoms with Crippen molar-refractivity contribution in [3.05, 3.63) is 58.8 Å². The van der Waals surface area contributed by atoms with Crippen molar-refractivity contribution < 1.29 is 13.2 Å². The molecule has 0 amide bonds. The Hall–Kier alpha value is -2.58. The first-order chi connectivity index (χ1) is 17.0. The van der Waals surface area contributed by atoms with Crippen LogP contribution in [0.1, 0.15) is 48.3 Å². The molecule has 1 aliphatic carbocycles. The summed E-state index contributed by atoms with van der Waals surface area (Å²) in [6.07, 6.45) is 5.68. The number of hydrogen-bond donors (Lipinski definition) is 2. The molecule has 186 valence electrons. The highest BCUT2D eigenvalue weighted by molar-refractivity contribution is 5.83. The maximum Gasteiger partial charge on any atom is 0.132 e. The lowest BCUT2D eigenvalue weighted by Crippen LogP contribution is -2.54. The second-order valence-corrected chi connectivity index (χ2v) is 10.6. The summed E-state index contributed by atoms with van der Waals surface area (Å²) in [5, 5.41) is 11.5. The topological polar surface area (TPSA) is 47.2 Å². The Morgan fingerprint density at radius 1 is 1.14 bits per heavy atom. The largest absolute Gasteiger partial charge is 0.380 e. The maximum absolute atomic E-state index is 15.7. The van der Waals surface area contributed by atoms with Gasteiger partial charge in [0.2, 0.25) is 0 Å². The zero-order valence-corrected chi connectivity index (χ0v) is 20.0. The first-order valence-corrected chi connectivity index (χ1v) is 12.7. The summed E-state index contributed by atoms with van der Waals surface area (Å²) in [6, 6.07) is 7.06. The fourth-order valence-electron chi connectivity index (χ4n) is 6.08. The summed E-state index contributed by atoms with van der Waals surface area (Å²) in [5.74, 6) is -0.742. The average molecular weight is 484 g/mol. The number of rotatable bonds is 8. The number of anilines is 1. The van der Waals surface area contributed by atoms with Crippen LogP contribution < -0.4 is 5.32 Å². The van der Waals surface area contributed by atoms with Crippen LogP contribution >= 0.6 is 0 Å². The smallest absolute Gasteiger partial charge is 0.132 e. The highest BCUT2D eigenvalue weighted by atomic mass is 19.1. The van der Waals surface area contributed by atoms with Gasteiger partial charge in [0.1, 0.15) is 11.6 Å². The van der Waals surface area contributed by atoms with E-state index < -0.39 is 11.6 Å². The molecule has 0 bridgehead atoms. The van der Waals surface area contributed by atoms with Crippen LogP contribution in [0.5, 0.6) is 0 Å². The number of hydrogen-bond acceptors (Lipinski definition) is 4. The minimum absolute atomic E-state index is 0.0397. The Bertz CT molecular complexity index is 1190. The van der Waals surface area contributed by atoms with Gasteiger partial charge in [-0.1, -0.05) is 18.9 Å². The third-order valence-corrected chi connectivity index (χ3v) is 8.06. The number of halogens is 3. The molecule has 0 unspecified atom stereocenters. The summed E-state index contributed by atoms with van der Waals surface area (Å²) in [5.41, 5.74) is 3.67. The number of alkyl halides is 1. The van der Waals surface area contributed by atoms with Gasteiger partial charge in [0.05, 0.1) is 24.4 Å². The van der Waals surface area contributed by atoms with E-state index in [-0.39, 0.29) is 30.2 Å². The van der Waals surface area contributed by atoms with Gasteiger partial charge >= 0.3 is 0 Å². The van der Waals surface area contributed by atoms with Gasteiger partial charge < -0.3 is 5.32 Å². The SMILES string of the molecule is CN1Cc2c(ccc3[nH]ncc23)[C@@H](c2c(F)cc(NC3CN(CCCF)C3)cc2F)[C@@H]1CC1CC1. The number of likely N-dealkylation sites (tertiary alicyclic amines) is 1. The van der Waals surface area contributed by atoms with Crippen LogP contribution in [0, 0.1) is 17.6 Å². The molecule has 0 spiro atoms. The predicted molar refractivity (Wildman–Crippen MR) is 131 cm³/mol. The van der Waals surface area contributed by atoms with Gasteiger partial charge in [-0.25, -0.2) is 8.78 Å². The fraction of sp³-hybridized carbons (Fsp3) is 0.519. The van der Waals surface area contributed by atoms with Gasteiger partial charge in [0.25, 0.3) is 0 Å². The van der Waals surface area contributed by atoms with Crippen molar-refractivity contribution in [1.29, 1.82) is 0 Å². The van der Waals surface area contributed by atoms with Crippen molar-refractivity contribution in [1.82, 2.24) is 20.0 Å². The number of aromatic nitrogens is 2. The molecule has 3 aromatic rings. The molecular weight excluding hydrogens is 451 g/mol. The maximum atomic E-state index is 15.7. The molecule has 5 nitrogen and oxygen atoms in total.